The molecule has 23 heavy (non-hydrogen) atoms. The van der Waals surface area contributed by atoms with Gasteiger partial charge in [0.25, 0.3) is 5.91 Å². The summed E-state index contributed by atoms with van der Waals surface area (Å²) in [6.45, 7) is 3.23. The predicted octanol–water partition coefficient (Wildman–Crippen LogP) is 2.61. The van der Waals surface area contributed by atoms with Crippen molar-refractivity contribution in [2.24, 2.45) is 0 Å². The molecule has 0 heterocycles. The summed E-state index contributed by atoms with van der Waals surface area (Å²) in [6, 6.07) is 5.40. The predicted molar refractivity (Wildman–Crippen MR) is 102 cm³/mol. The van der Waals surface area contributed by atoms with Gasteiger partial charge >= 0.3 is 0 Å². The zero-order valence-corrected chi connectivity index (χ0v) is 16.0. The average molecular weight is 384 g/mol. The number of nitrogens with one attached hydrogen (secondary N) is 1. The molecule has 1 unspecified atom stereocenters. The number of carbonyl (C=O) groups excluding carboxylic acids is 1. The molecule has 3 N–H and O–H groups in total. The van der Waals surface area contributed by atoms with Crippen LogP contribution < -0.4 is 16.0 Å². The van der Waals surface area contributed by atoms with Crippen LogP contribution >= 0.6 is 35.6 Å². The van der Waals surface area contributed by atoms with Crippen LogP contribution in [-0.4, -0.2) is 55.9 Å². The Morgan fingerprint density at radius 2 is 1.83 bits per heavy atom. The molecule has 1 aromatic carbocycles. The molecule has 0 aliphatic carbocycles. The minimum absolute atomic E-state index is 0. The van der Waals surface area contributed by atoms with E-state index in [2.05, 4.69) is 5.32 Å². The normalized spacial score (nSPS) is 11.7. The number of hydrogen-bond acceptors (Lipinski definition) is 4. The monoisotopic (exact) mass is 382 g/mol. The fourth-order valence-corrected chi connectivity index (χ4v) is 2.32. The van der Waals surface area contributed by atoms with Gasteiger partial charge in [-0.25, -0.2) is 0 Å². The highest BCUT2D eigenvalue weighted by Crippen LogP contribution is 2.22. The van der Waals surface area contributed by atoms with E-state index in [0.717, 1.165) is 5.69 Å². The fourth-order valence-electron chi connectivity index (χ4n) is 1.91. The average Bonchev–Trinajstić information content (AvgIpc) is 2.47. The van der Waals surface area contributed by atoms with Crippen LogP contribution in [0.5, 0.6) is 0 Å². The molecule has 0 aromatic heterocycles. The minimum Gasteiger partial charge on any atom is -0.398 e. The maximum absolute atomic E-state index is 12.4. The van der Waals surface area contributed by atoms with E-state index in [4.69, 9.17) is 28.9 Å². The van der Waals surface area contributed by atoms with Crippen molar-refractivity contribution in [1.82, 2.24) is 10.2 Å². The van der Waals surface area contributed by atoms with Gasteiger partial charge in [-0.15, -0.1) is 35.6 Å². The van der Waals surface area contributed by atoms with Crippen LogP contribution in [0.4, 0.5) is 11.4 Å². The second kappa shape index (κ2) is 10.8. The Kier molecular flexibility index (Phi) is 10.4. The lowest BCUT2D eigenvalue weighted by molar-refractivity contribution is 0.0901. The molecule has 132 valence electrons. The number of carbonyl (C=O) groups is 1. The quantitative estimate of drug-likeness (QED) is 0.411. The first-order valence-corrected chi connectivity index (χ1v) is 8.21. The lowest BCUT2D eigenvalue weighted by atomic mass is 10.1. The summed E-state index contributed by atoms with van der Waals surface area (Å²) in [5.41, 5.74) is 7.74. The fraction of sp³-hybridized carbons (Fsp3) is 0.533. The molecular weight excluding hydrogens is 359 g/mol. The van der Waals surface area contributed by atoms with E-state index < -0.39 is 0 Å². The third kappa shape index (κ3) is 6.63. The maximum atomic E-state index is 12.4. The molecule has 1 amide bonds. The number of hydrogen-bond donors (Lipinski definition) is 2. The first kappa shape index (κ1) is 22.1. The molecule has 1 atom stereocenters. The van der Waals surface area contributed by atoms with Crippen molar-refractivity contribution in [3.8, 4) is 0 Å². The van der Waals surface area contributed by atoms with E-state index >= 15 is 0 Å². The lowest BCUT2D eigenvalue weighted by Crippen LogP contribution is -2.42. The SMILES string of the molecule is CC(NC(=O)c1cc(N(CCCl)CCCl)ccc1N)N(C)C.Cl. The topological polar surface area (TPSA) is 61.6 Å². The van der Waals surface area contributed by atoms with Crippen LogP contribution in [0, 0.1) is 0 Å². The second-order valence-corrected chi connectivity index (χ2v) is 6.01. The van der Waals surface area contributed by atoms with Gasteiger partial charge in [-0.1, -0.05) is 0 Å². The molecule has 0 fully saturated rings. The Morgan fingerprint density at radius 1 is 1.26 bits per heavy atom. The Morgan fingerprint density at radius 3 is 2.30 bits per heavy atom. The van der Waals surface area contributed by atoms with Crippen LogP contribution in [0.1, 0.15) is 17.3 Å². The highest BCUT2D eigenvalue weighted by molar-refractivity contribution is 6.18. The van der Waals surface area contributed by atoms with Gasteiger partial charge in [0.15, 0.2) is 0 Å². The third-order valence-corrected chi connectivity index (χ3v) is 3.81. The standard InChI is InChI=1S/C15H24Cl2N4O.ClH/c1-11(20(2)3)19-15(22)13-10-12(4-5-14(13)18)21(8-6-16)9-7-17;/h4-5,10-11H,6-9,18H2,1-3H3,(H,19,22);1H. The van der Waals surface area contributed by atoms with Gasteiger partial charge in [-0.2, -0.15) is 0 Å². The van der Waals surface area contributed by atoms with Crippen molar-refractivity contribution in [2.75, 3.05) is 49.6 Å². The Labute approximate surface area is 154 Å². The zero-order chi connectivity index (χ0) is 16.7. The molecule has 0 aliphatic heterocycles. The summed E-state index contributed by atoms with van der Waals surface area (Å²) in [6.07, 6.45) is -0.0858. The summed E-state index contributed by atoms with van der Waals surface area (Å²) >= 11 is 11.6. The minimum atomic E-state index is -0.197. The number of benzene rings is 1. The molecule has 1 rings (SSSR count). The van der Waals surface area contributed by atoms with E-state index in [9.17, 15) is 4.79 Å². The molecule has 0 saturated heterocycles. The summed E-state index contributed by atoms with van der Waals surface area (Å²) in [7, 11) is 3.79. The molecule has 0 aliphatic rings. The Bertz CT molecular complexity index is 494. The van der Waals surface area contributed by atoms with E-state index in [-0.39, 0.29) is 24.5 Å². The highest BCUT2D eigenvalue weighted by atomic mass is 35.5. The highest BCUT2D eigenvalue weighted by Gasteiger charge is 2.16. The number of nitrogen functional groups attached to an aromatic ring is 1. The van der Waals surface area contributed by atoms with Crippen molar-refractivity contribution >= 4 is 52.9 Å². The van der Waals surface area contributed by atoms with Crippen molar-refractivity contribution in [3.05, 3.63) is 23.8 Å². The molecule has 0 saturated carbocycles. The second-order valence-electron chi connectivity index (χ2n) is 5.25. The lowest BCUT2D eigenvalue weighted by Gasteiger charge is -2.25. The Hall–Kier alpha value is -0.880. The first-order valence-electron chi connectivity index (χ1n) is 7.14. The maximum Gasteiger partial charge on any atom is 0.254 e. The number of nitrogens with two attached hydrogens (primary N) is 1. The van der Waals surface area contributed by atoms with Crippen LogP contribution in [0.3, 0.4) is 0 Å². The molecule has 1 aromatic rings. The van der Waals surface area contributed by atoms with Gasteiger partial charge in [0.2, 0.25) is 0 Å². The van der Waals surface area contributed by atoms with Crippen LogP contribution in [0.15, 0.2) is 18.2 Å². The molecule has 5 nitrogen and oxygen atoms in total. The zero-order valence-electron chi connectivity index (χ0n) is 13.7. The number of anilines is 2. The van der Waals surface area contributed by atoms with Crippen molar-refractivity contribution < 1.29 is 4.79 Å². The van der Waals surface area contributed by atoms with Crippen LogP contribution in [0.2, 0.25) is 0 Å². The smallest absolute Gasteiger partial charge is 0.254 e. The summed E-state index contributed by atoms with van der Waals surface area (Å²) in [5.74, 6) is 0.776. The van der Waals surface area contributed by atoms with Crippen molar-refractivity contribution in [2.45, 2.75) is 13.1 Å². The van der Waals surface area contributed by atoms with Gasteiger partial charge < -0.3 is 16.0 Å². The first-order chi connectivity index (χ1) is 10.4. The van der Waals surface area contributed by atoms with Crippen molar-refractivity contribution in [1.29, 1.82) is 0 Å². The summed E-state index contributed by atoms with van der Waals surface area (Å²) < 4.78 is 0. The number of halogens is 3. The van der Waals surface area contributed by atoms with E-state index in [1.165, 1.54) is 0 Å². The third-order valence-electron chi connectivity index (χ3n) is 3.47. The van der Waals surface area contributed by atoms with Gasteiger partial charge in [-0.3, -0.25) is 9.69 Å². The molecule has 0 radical (unpaired) electrons. The Balaban J connectivity index is 0.00000484. The van der Waals surface area contributed by atoms with E-state index in [1.54, 1.807) is 12.1 Å². The largest absolute Gasteiger partial charge is 0.398 e. The number of nitrogens with zero attached hydrogens (tertiary/aromatic N) is 2. The molecular formula is C15H25Cl3N4O. The van der Waals surface area contributed by atoms with Gasteiger partial charge in [-0.05, 0) is 39.2 Å². The number of amides is 1. The molecule has 0 spiro atoms. The summed E-state index contributed by atoms with van der Waals surface area (Å²) in [5, 5.41) is 2.90. The molecule has 8 heteroatoms. The van der Waals surface area contributed by atoms with Crippen LogP contribution in [0.25, 0.3) is 0 Å². The van der Waals surface area contributed by atoms with E-state index in [0.29, 0.717) is 36.1 Å². The van der Waals surface area contributed by atoms with Gasteiger partial charge in [0.05, 0.1) is 11.7 Å². The molecule has 0 bridgehead atoms. The van der Waals surface area contributed by atoms with Gasteiger partial charge in [0, 0.05) is 36.2 Å². The van der Waals surface area contributed by atoms with Crippen LogP contribution in [-0.2, 0) is 0 Å². The van der Waals surface area contributed by atoms with Gasteiger partial charge in [0.1, 0.15) is 0 Å². The number of alkyl halides is 2. The van der Waals surface area contributed by atoms with Crippen molar-refractivity contribution in [3.63, 3.8) is 0 Å². The van der Waals surface area contributed by atoms with E-state index in [1.807, 2.05) is 36.9 Å². The summed E-state index contributed by atoms with van der Waals surface area (Å²) in [4.78, 5) is 16.3. The number of rotatable bonds is 8.